The zero-order valence-corrected chi connectivity index (χ0v) is 9.50. The van der Waals surface area contributed by atoms with Crippen LogP contribution in [-0.2, 0) is 9.61 Å². The van der Waals surface area contributed by atoms with E-state index in [9.17, 15) is 0 Å². The zero-order valence-electron chi connectivity index (χ0n) is 8.75. The van der Waals surface area contributed by atoms with Gasteiger partial charge in [-0.1, -0.05) is 0 Å². The number of alkyl halides is 1. The topological polar surface area (TPSA) is 27.7 Å². The number of hydrogen-bond donors (Lipinski definition) is 0. The Morgan fingerprint density at radius 2 is 2.00 bits per heavy atom. The Kier molecular flexibility index (Phi) is 2.76. The number of hydrogen-bond acceptors (Lipinski definition) is 3. The summed E-state index contributed by atoms with van der Waals surface area (Å²) in [7, 11) is 3.26. The van der Waals surface area contributed by atoms with Gasteiger partial charge in [0.25, 0.3) is 0 Å². The van der Waals surface area contributed by atoms with Crippen LogP contribution in [0.1, 0.15) is 5.56 Å². The van der Waals surface area contributed by atoms with Gasteiger partial charge in [0.05, 0.1) is 27.4 Å². The minimum atomic E-state index is -0.458. The van der Waals surface area contributed by atoms with Crippen LogP contribution in [0.25, 0.3) is 0 Å². The third kappa shape index (κ3) is 1.77. The molecule has 1 heterocycles. The van der Waals surface area contributed by atoms with Crippen molar-refractivity contribution in [2.24, 2.45) is 0 Å². The lowest BCUT2D eigenvalue weighted by atomic mass is 9.95. The Bertz CT molecular complexity index is 361. The van der Waals surface area contributed by atoms with E-state index in [0.717, 1.165) is 17.1 Å². The molecule has 0 unspecified atom stereocenters. The van der Waals surface area contributed by atoms with Gasteiger partial charge in [-0.25, -0.2) is 0 Å². The highest BCUT2D eigenvalue weighted by atomic mass is 35.5. The normalized spacial score (nSPS) is 18.1. The fourth-order valence-corrected chi connectivity index (χ4v) is 1.90. The Morgan fingerprint density at radius 3 is 2.47 bits per heavy atom. The van der Waals surface area contributed by atoms with Crippen molar-refractivity contribution in [2.45, 2.75) is 4.87 Å². The summed E-state index contributed by atoms with van der Waals surface area (Å²) < 4.78 is 15.6. The maximum atomic E-state index is 6.39. The van der Waals surface area contributed by atoms with Crippen LogP contribution in [0.2, 0.25) is 0 Å². The molecule has 0 saturated carbocycles. The molecule has 2 rings (SSSR count). The standard InChI is InChI=1S/C11H13ClO3/c1-13-8-3-4-10(14-2)9(5-8)11(12)6-15-7-11/h3-5H,6-7H2,1-2H3. The van der Waals surface area contributed by atoms with Crippen molar-refractivity contribution >= 4 is 11.6 Å². The fraction of sp³-hybridized carbons (Fsp3) is 0.455. The van der Waals surface area contributed by atoms with E-state index in [2.05, 4.69) is 0 Å². The highest BCUT2D eigenvalue weighted by Gasteiger charge is 2.40. The van der Waals surface area contributed by atoms with Gasteiger partial charge in [-0.15, -0.1) is 11.6 Å². The number of rotatable bonds is 3. The van der Waals surface area contributed by atoms with Gasteiger partial charge in [-0.3, -0.25) is 0 Å². The summed E-state index contributed by atoms with van der Waals surface area (Å²) in [6.45, 7) is 1.02. The van der Waals surface area contributed by atoms with E-state index in [4.69, 9.17) is 25.8 Å². The Labute approximate surface area is 93.9 Å². The van der Waals surface area contributed by atoms with Crippen LogP contribution in [0.4, 0.5) is 0 Å². The number of methoxy groups -OCH3 is 2. The van der Waals surface area contributed by atoms with Gasteiger partial charge in [-0.05, 0) is 18.2 Å². The van der Waals surface area contributed by atoms with E-state index in [1.165, 1.54) is 0 Å². The SMILES string of the molecule is COc1ccc(OC)c(C2(Cl)COC2)c1. The zero-order chi connectivity index (χ0) is 10.9. The molecule has 1 aromatic carbocycles. The van der Waals surface area contributed by atoms with Gasteiger partial charge in [0.1, 0.15) is 16.4 Å². The van der Waals surface area contributed by atoms with E-state index in [1.54, 1.807) is 14.2 Å². The van der Waals surface area contributed by atoms with E-state index < -0.39 is 4.87 Å². The average Bonchev–Trinajstić information content (AvgIpc) is 2.25. The van der Waals surface area contributed by atoms with E-state index >= 15 is 0 Å². The predicted octanol–water partition coefficient (Wildman–Crippen LogP) is 2.17. The molecule has 1 fully saturated rings. The monoisotopic (exact) mass is 228 g/mol. The number of halogens is 1. The molecule has 1 aliphatic rings. The first kappa shape index (κ1) is 10.6. The highest BCUT2D eigenvalue weighted by Crippen LogP contribution is 2.42. The summed E-state index contributed by atoms with van der Waals surface area (Å²) in [5.74, 6) is 1.55. The van der Waals surface area contributed by atoms with Crippen molar-refractivity contribution in [3.8, 4) is 11.5 Å². The summed E-state index contributed by atoms with van der Waals surface area (Å²) in [6.07, 6.45) is 0. The lowest BCUT2D eigenvalue weighted by molar-refractivity contribution is -0.0162. The first-order valence-electron chi connectivity index (χ1n) is 4.69. The lowest BCUT2D eigenvalue weighted by Crippen LogP contribution is -2.41. The summed E-state index contributed by atoms with van der Waals surface area (Å²) >= 11 is 6.39. The van der Waals surface area contributed by atoms with Gasteiger partial charge in [0.15, 0.2) is 0 Å². The summed E-state index contributed by atoms with van der Waals surface area (Å²) in [4.78, 5) is -0.458. The first-order chi connectivity index (χ1) is 7.19. The van der Waals surface area contributed by atoms with E-state index in [-0.39, 0.29) is 0 Å². The quantitative estimate of drug-likeness (QED) is 0.743. The smallest absolute Gasteiger partial charge is 0.124 e. The van der Waals surface area contributed by atoms with Crippen LogP contribution in [-0.4, -0.2) is 27.4 Å². The van der Waals surface area contributed by atoms with Gasteiger partial charge in [-0.2, -0.15) is 0 Å². The van der Waals surface area contributed by atoms with Crippen molar-refractivity contribution < 1.29 is 14.2 Å². The van der Waals surface area contributed by atoms with Gasteiger partial charge >= 0.3 is 0 Å². The first-order valence-corrected chi connectivity index (χ1v) is 5.06. The van der Waals surface area contributed by atoms with Crippen LogP contribution in [0.3, 0.4) is 0 Å². The summed E-state index contributed by atoms with van der Waals surface area (Å²) in [6, 6.07) is 5.60. The Morgan fingerprint density at radius 1 is 1.27 bits per heavy atom. The third-order valence-electron chi connectivity index (χ3n) is 2.55. The molecule has 0 bridgehead atoms. The second-order valence-electron chi connectivity index (χ2n) is 3.52. The lowest BCUT2D eigenvalue weighted by Gasteiger charge is -2.36. The summed E-state index contributed by atoms with van der Waals surface area (Å²) in [5.41, 5.74) is 0.928. The minimum Gasteiger partial charge on any atom is -0.497 e. The van der Waals surface area contributed by atoms with E-state index in [0.29, 0.717) is 13.2 Å². The molecular formula is C11H13ClO3. The molecule has 0 aliphatic carbocycles. The van der Waals surface area contributed by atoms with Crippen LogP contribution >= 0.6 is 11.6 Å². The molecule has 0 spiro atoms. The molecule has 0 atom stereocenters. The molecule has 4 heteroatoms. The molecule has 0 amide bonds. The van der Waals surface area contributed by atoms with Crippen LogP contribution in [0, 0.1) is 0 Å². The molecule has 0 N–H and O–H groups in total. The average molecular weight is 229 g/mol. The van der Waals surface area contributed by atoms with E-state index in [1.807, 2.05) is 18.2 Å². The van der Waals surface area contributed by atoms with Crippen molar-refractivity contribution in [1.82, 2.24) is 0 Å². The molecule has 0 aromatic heterocycles. The molecule has 82 valence electrons. The van der Waals surface area contributed by atoms with Crippen molar-refractivity contribution in [3.63, 3.8) is 0 Å². The summed E-state index contributed by atoms with van der Waals surface area (Å²) in [5, 5.41) is 0. The molecule has 1 aromatic rings. The maximum Gasteiger partial charge on any atom is 0.124 e. The number of ether oxygens (including phenoxy) is 3. The van der Waals surface area contributed by atoms with Crippen LogP contribution in [0.5, 0.6) is 11.5 Å². The number of benzene rings is 1. The molecule has 1 aliphatic heterocycles. The second kappa shape index (κ2) is 3.91. The third-order valence-corrected chi connectivity index (χ3v) is 2.97. The molecule has 1 saturated heterocycles. The maximum absolute atomic E-state index is 6.39. The van der Waals surface area contributed by atoms with Gasteiger partial charge in [0, 0.05) is 5.56 Å². The fourth-order valence-electron chi connectivity index (χ4n) is 1.60. The highest BCUT2D eigenvalue weighted by molar-refractivity contribution is 6.25. The van der Waals surface area contributed by atoms with Gasteiger partial charge in [0.2, 0.25) is 0 Å². The Balaban J connectivity index is 2.41. The Hall–Kier alpha value is -0.930. The molecule has 0 radical (unpaired) electrons. The van der Waals surface area contributed by atoms with Crippen molar-refractivity contribution in [2.75, 3.05) is 27.4 Å². The van der Waals surface area contributed by atoms with Crippen LogP contribution in [0.15, 0.2) is 18.2 Å². The minimum absolute atomic E-state index is 0.458. The second-order valence-corrected chi connectivity index (χ2v) is 4.25. The van der Waals surface area contributed by atoms with Crippen molar-refractivity contribution in [3.05, 3.63) is 23.8 Å². The van der Waals surface area contributed by atoms with Gasteiger partial charge < -0.3 is 14.2 Å². The largest absolute Gasteiger partial charge is 0.497 e. The molecular weight excluding hydrogens is 216 g/mol. The molecule has 3 nitrogen and oxygen atoms in total. The van der Waals surface area contributed by atoms with Crippen LogP contribution < -0.4 is 9.47 Å². The predicted molar refractivity (Wildman–Crippen MR) is 57.9 cm³/mol. The van der Waals surface area contributed by atoms with Crippen molar-refractivity contribution in [1.29, 1.82) is 0 Å². The molecule has 15 heavy (non-hydrogen) atoms.